The van der Waals surface area contributed by atoms with Gasteiger partial charge in [-0.25, -0.2) is 4.98 Å². The summed E-state index contributed by atoms with van der Waals surface area (Å²) in [6.07, 6.45) is 3.65. The summed E-state index contributed by atoms with van der Waals surface area (Å²) in [6, 6.07) is 5.89. The van der Waals surface area contributed by atoms with Gasteiger partial charge in [0.25, 0.3) is 0 Å². The molecule has 0 spiro atoms. The van der Waals surface area contributed by atoms with E-state index in [1.807, 2.05) is 49.7 Å². The summed E-state index contributed by atoms with van der Waals surface area (Å²) >= 11 is 6.29. The van der Waals surface area contributed by atoms with Crippen LogP contribution in [0.4, 0.5) is 0 Å². The molecule has 0 amide bonds. The quantitative estimate of drug-likeness (QED) is 0.889. The summed E-state index contributed by atoms with van der Waals surface area (Å²) in [4.78, 5) is 4.18. The molecule has 1 aromatic heterocycles. The minimum absolute atomic E-state index is 0.383. The summed E-state index contributed by atoms with van der Waals surface area (Å²) < 4.78 is 1.95. The summed E-state index contributed by atoms with van der Waals surface area (Å²) in [5.74, 6) is 0.909. The lowest BCUT2D eigenvalue weighted by Crippen LogP contribution is -2.28. The van der Waals surface area contributed by atoms with E-state index in [0.29, 0.717) is 5.02 Å². The van der Waals surface area contributed by atoms with E-state index in [1.165, 1.54) is 0 Å². The number of halogens is 1. The first-order chi connectivity index (χ1) is 7.89. The van der Waals surface area contributed by atoms with Crippen molar-refractivity contribution in [2.75, 3.05) is 0 Å². The third-order valence-electron chi connectivity index (χ3n) is 2.78. The Hall–Kier alpha value is -1.32. The number of rotatable bonds is 2. The van der Waals surface area contributed by atoms with Crippen molar-refractivity contribution in [3.8, 4) is 5.69 Å². The molecule has 0 unspecified atom stereocenters. The monoisotopic (exact) mass is 249 g/mol. The van der Waals surface area contributed by atoms with E-state index in [9.17, 15) is 0 Å². The molecule has 2 aromatic rings. The van der Waals surface area contributed by atoms with E-state index >= 15 is 0 Å². The largest absolute Gasteiger partial charge is 0.322 e. The summed E-state index contributed by atoms with van der Waals surface area (Å²) in [6.45, 7) is 5.86. The number of hydrogen-bond donors (Lipinski definition) is 1. The van der Waals surface area contributed by atoms with Crippen LogP contribution in [0.1, 0.15) is 25.2 Å². The number of nitrogens with two attached hydrogens (primary N) is 1. The van der Waals surface area contributed by atoms with E-state index in [4.69, 9.17) is 17.3 Å². The Bertz CT molecular complexity index is 538. The highest BCUT2D eigenvalue weighted by Crippen LogP contribution is 2.27. The van der Waals surface area contributed by atoms with Crippen LogP contribution in [0.2, 0.25) is 5.02 Å². The van der Waals surface area contributed by atoms with E-state index in [1.54, 1.807) is 6.20 Å². The van der Waals surface area contributed by atoms with Gasteiger partial charge in [0, 0.05) is 17.9 Å². The van der Waals surface area contributed by atoms with E-state index < -0.39 is 0 Å². The number of benzene rings is 1. The van der Waals surface area contributed by atoms with Crippen molar-refractivity contribution in [1.82, 2.24) is 9.55 Å². The van der Waals surface area contributed by atoms with Crippen molar-refractivity contribution in [2.24, 2.45) is 5.73 Å². The van der Waals surface area contributed by atoms with Gasteiger partial charge in [-0.15, -0.1) is 0 Å². The van der Waals surface area contributed by atoms with Gasteiger partial charge >= 0.3 is 0 Å². The van der Waals surface area contributed by atoms with E-state index in [2.05, 4.69) is 4.98 Å². The molecule has 4 heteroatoms. The van der Waals surface area contributed by atoms with Crippen molar-refractivity contribution in [3.63, 3.8) is 0 Å². The van der Waals surface area contributed by atoms with Crippen molar-refractivity contribution >= 4 is 11.6 Å². The molecule has 0 radical (unpaired) electrons. The fraction of sp³-hybridized carbons (Fsp3) is 0.308. The molecule has 0 atom stereocenters. The van der Waals surface area contributed by atoms with Crippen LogP contribution in [0.15, 0.2) is 30.6 Å². The van der Waals surface area contributed by atoms with Crippen molar-refractivity contribution < 1.29 is 0 Å². The van der Waals surface area contributed by atoms with Crippen molar-refractivity contribution in [2.45, 2.75) is 26.3 Å². The Morgan fingerprint density at radius 3 is 2.53 bits per heavy atom. The number of aromatic nitrogens is 2. The van der Waals surface area contributed by atoms with E-state index in [-0.39, 0.29) is 5.54 Å². The number of aryl methyl sites for hydroxylation is 1. The summed E-state index contributed by atoms with van der Waals surface area (Å²) in [5, 5.41) is 0.683. The van der Waals surface area contributed by atoms with Crippen LogP contribution in [0.5, 0.6) is 0 Å². The van der Waals surface area contributed by atoms with Gasteiger partial charge in [0.2, 0.25) is 0 Å². The Labute approximate surface area is 106 Å². The van der Waals surface area contributed by atoms with Crippen LogP contribution in [0.25, 0.3) is 5.69 Å². The molecular weight excluding hydrogens is 234 g/mol. The highest BCUT2D eigenvalue weighted by atomic mass is 35.5. The SMILES string of the molecule is Cc1nccn1-c1ccc(C(C)(C)N)cc1Cl. The standard InChI is InChI=1S/C13H16ClN3/c1-9-16-6-7-17(9)12-5-4-10(8-11(12)14)13(2,3)15/h4-8H,15H2,1-3H3. The first kappa shape index (κ1) is 12.1. The molecule has 0 aliphatic rings. The summed E-state index contributed by atoms with van der Waals surface area (Å²) in [7, 11) is 0. The second kappa shape index (κ2) is 4.17. The van der Waals surface area contributed by atoms with Gasteiger partial charge in [-0.2, -0.15) is 0 Å². The highest BCUT2D eigenvalue weighted by molar-refractivity contribution is 6.32. The molecule has 0 saturated heterocycles. The van der Waals surface area contributed by atoms with Gasteiger partial charge in [0.1, 0.15) is 5.82 Å². The Kier molecular flexibility index (Phi) is 2.98. The Morgan fingerprint density at radius 1 is 1.35 bits per heavy atom. The van der Waals surface area contributed by atoms with Gasteiger partial charge in [0.15, 0.2) is 0 Å². The number of hydrogen-bond acceptors (Lipinski definition) is 2. The molecule has 0 saturated carbocycles. The van der Waals surface area contributed by atoms with Crippen LogP contribution in [0, 0.1) is 6.92 Å². The number of nitrogens with zero attached hydrogens (tertiary/aromatic N) is 2. The van der Waals surface area contributed by atoms with Crippen LogP contribution in [-0.2, 0) is 5.54 Å². The minimum Gasteiger partial charge on any atom is -0.322 e. The molecule has 3 nitrogen and oxygen atoms in total. The Morgan fingerprint density at radius 2 is 2.06 bits per heavy atom. The normalized spacial score (nSPS) is 11.8. The molecule has 2 N–H and O–H groups in total. The lowest BCUT2D eigenvalue weighted by Gasteiger charge is -2.20. The summed E-state index contributed by atoms with van der Waals surface area (Å²) in [5.41, 5.74) is 7.61. The van der Waals surface area contributed by atoms with Gasteiger partial charge < -0.3 is 10.3 Å². The zero-order chi connectivity index (χ0) is 12.6. The molecule has 17 heavy (non-hydrogen) atoms. The van der Waals surface area contributed by atoms with Crippen molar-refractivity contribution in [3.05, 3.63) is 47.0 Å². The molecule has 0 aliphatic heterocycles. The Balaban J connectivity index is 2.50. The molecule has 0 fully saturated rings. The average molecular weight is 250 g/mol. The molecule has 2 rings (SSSR count). The van der Waals surface area contributed by atoms with Gasteiger partial charge in [-0.05, 0) is 38.5 Å². The predicted molar refractivity (Wildman–Crippen MR) is 70.5 cm³/mol. The molecule has 0 aliphatic carbocycles. The van der Waals surface area contributed by atoms with Crippen LogP contribution >= 0.6 is 11.6 Å². The average Bonchev–Trinajstić information content (AvgIpc) is 2.63. The van der Waals surface area contributed by atoms with Gasteiger partial charge in [0.05, 0.1) is 10.7 Å². The first-order valence-corrected chi connectivity index (χ1v) is 5.86. The lowest BCUT2D eigenvalue weighted by atomic mass is 9.95. The second-order valence-electron chi connectivity index (χ2n) is 4.73. The van der Waals surface area contributed by atoms with Gasteiger partial charge in [-0.3, -0.25) is 0 Å². The topological polar surface area (TPSA) is 43.8 Å². The lowest BCUT2D eigenvalue weighted by molar-refractivity contribution is 0.554. The molecule has 0 bridgehead atoms. The van der Waals surface area contributed by atoms with Gasteiger partial charge in [-0.1, -0.05) is 17.7 Å². The highest BCUT2D eigenvalue weighted by Gasteiger charge is 2.16. The predicted octanol–water partition coefficient (Wildman–Crippen LogP) is 3.03. The van der Waals surface area contributed by atoms with Crippen LogP contribution < -0.4 is 5.73 Å². The fourth-order valence-electron chi connectivity index (χ4n) is 1.74. The maximum atomic E-state index is 6.29. The molecule has 1 aromatic carbocycles. The fourth-order valence-corrected chi connectivity index (χ4v) is 2.01. The first-order valence-electron chi connectivity index (χ1n) is 5.49. The van der Waals surface area contributed by atoms with E-state index in [0.717, 1.165) is 17.1 Å². The third kappa shape index (κ3) is 2.35. The second-order valence-corrected chi connectivity index (χ2v) is 5.14. The molecule has 90 valence electrons. The van der Waals surface area contributed by atoms with Crippen molar-refractivity contribution in [1.29, 1.82) is 0 Å². The molecule has 1 heterocycles. The zero-order valence-electron chi connectivity index (χ0n) is 10.2. The van der Waals surface area contributed by atoms with Crippen LogP contribution in [-0.4, -0.2) is 9.55 Å². The maximum absolute atomic E-state index is 6.29. The molecular formula is C13H16ClN3. The maximum Gasteiger partial charge on any atom is 0.110 e. The number of imidazole rings is 1. The smallest absolute Gasteiger partial charge is 0.110 e. The third-order valence-corrected chi connectivity index (χ3v) is 3.08. The minimum atomic E-state index is -0.383. The van der Waals surface area contributed by atoms with Crippen LogP contribution in [0.3, 0.4) is 0 Å². The zero-order valence-corrected chi connectivity index (χ0v) is 11.0.